The number of aliphatic hydroxyl groups is 1. The van der Waals surface area contributed by atoms with Crippen LogP contribution in [-0.4, -0.2) is 39.4 Å². The van der Waals surface area contributed by atoms with Gasteiger partial charge in [-0.2, -0.15) is 0 Å². The lowest BCUT2D eigenvalue weighted by atomic mass is 10.00. The van der Waals surface area contributed by atoms with E-state index in [1.54, 1.807) is 13.8 Å². The summed E-state index contributed by atoms with van der Waals surface area (Å²) in [6, 6.07) is 2.82. The number of hydrogen-bond donors (Lipinski definition) is 3. The fourth-order valence-electron chi connectivity index (χ4n) is 2.47. The van der Waals surface area contributed by atoms with E-state index in [0.717, 1.165) is 12.8 Å². The molecule has 1 unspecified atom stereocenters. The van der Waals surface area contributed by atoms with Crippen molar-refractivity contribution in [2.24, 2.45) is 0 Å². The van der Waals surface area contributed by atoms with Crippen molar-refractivity contribution in [3.63, 3.8) is 0 Å². The maximum atomic E-state index is 12.2. The number of aliphatic hydroxyl groups excluding tert-OH is 1. The molecule has 0 aromatic heterocycles. The predicted molar refractivity (Wildman–Crippen MR) is 73.0 cm³/mol. The maximum absolute atomic E-state index is 12.2. The first-order chi connectivity index (χ1) is 9.40. The van der Waals surface area contributed by atoms with E-state index >= 15 is 0 Å². The van der Waals surface area contributed by atoms with Crippen molar-refractivity contribution < 1.29 is 24.9 Å². The van der Waals surface area contributed by atoms with E-state index in [1.165, 1.54) is 12.1 Å². The molecule has 1 aromatic carbocycles. The smallest absolute Gasteiger partial charge is 0.169 e. The van der Waals surface area contributed by atoms with Gasteiger partial charge in [-0.25, -0.2) is 0 Å². The zero-order valence-electron chi connectivity index (χ0n) is 11.7. The van der Waals surface area contributed by atoms with Crippen molar-refractivity contribution in [3.8, 4) is 11.5 Å². The summed E-state index contributed by atoms with van der Waals surface area (Å²) in [7, 11) is 0. The van der Waals surface area contributed by atoms with Gasteiger partial charge in [-0.15, -0.1) is 0 Å². The molecule has 0 aliphatic carbocycles. The third kappa shape index (κ3) is 2.94. The molecule has 0 radical (unpaired) electrons. The number of carbonyl (C=O) groups excluding carboxylic acids is 1. The molecule has 1 aromatic rings. The predicted octanol–water partition coefficient (Wildman–Crippen LogP) is 1.91. The first kappa shape index (κ1) is 14.8. The Morgan fingerprint density at radius 1 is 1.40 bits per heavy atom. The molecular weight excluding hydrogens is 260 g/mol. The summed E-state index contributed by atoms with van der Waals surface area (Å²) in [5, 5.41) is 28.8. The van der Waals surface area contributed by atoms with E-state index in [2.05, 4.69) is 0 Å². The zero-order chi connectivity index (χ0) is 14.9. The summed E-state index contributed by atoms with van der Waals surface area (Å²) in [4.78, 5) is 12.2. The van der Waals surface area contributed by atoms with Crippen LogP contribution in [0.2, 0.25) is 0 Å². The third-order valence-corrected chi connectivity index (χ3v) is 3.79. The van der Waals surface area contributed by atoms with Crippen LogP contribution in [0.15, 0.2) is 12.1 Å². The molecule has 0 saturated carbocycles. The van der Waals surface area contributed by atoms with E-state index in [0.29, 0.717) is 5.56 Å². The van der Waals surface area contributed by atoms with Crippen LogP contribution in [-0.2, 0) is 4.74 Å². The van der Waals surface area contributed by atoms with Gasteiger partial charge in [0.15, 0.2) is 5.78 Å². The molecule has 3 N–H and O–H groups in total. The van der Waals surface area contributed by atoms with Gasteiger partial charge < -0.3 is 20.1 Å². The summed E-state index contributed by atoms with van der Waals surface area (Å²) in [5.74, 6) is -0.438. The number of ether oxygens (including phenoxy) is 1. The van der Waals surface area contributed by atoms with Gasteiger partial charge in [-0.1, -0.05) is 0 Å². The molecule has 0 spiro atoms. The Hall–Kier alpha value is -1.59. The fourth-order valence-corrected chi connectivity index (χ4v) is 2.47. The number of phenolic OH excluding ortho intramolecular Hbond substituents is 2. The molecule has 1 fully saturated rings. The first-order valence-electron chi connectivity index (χ1n) is 6.78. The van der Waals surface area contributed by atoms with Crippen LogP contribution in [0.1, 0.15) is 42.1 Å². The Labute approximate surface area is 117 Å². The number of aromatic hydroxyl groups is 2. The second-order valence-electron chi connectivity index (χ2n) is 5.35. The number of hydrogen-bond acceptors (Lipinski definition) is 5. The zero-order valence-corrected chi connectivity index (χ0v) is 11.7. The van der Waals surface area contributed by atoms with Crippen molar-refractivity contribution in [2.75, 3.05) is 0 Å². The Morgan fingerprint density at radius 2 is 2.10 bits per heavy atom. The highest BCUT2D eigenvalue weighted by Crippen LogP contribution is 2.32. The Bertz CT molecular complexity index is 509. The molecule has 20 heavy (non-hydrogen) atoms. The van der Waals surface area contributed by atoms with Crippen molar-refractivity contribution in [1.29, 1.82) is 0 Å². The van der Waals surface area contributed by atoms with Crippen LogP contribution >= 0.6 is 0 Å². The van der Waals surface area contributed by atoms with Crippen LogP contribution in [0.3, 0.4) is 0 Å². The van der Waals surface area contributed by atoms with Gasteiger partial charge in [0, 0.05) is 12.0 Å². The number of ketones is 1. The minimum atomic E-state index is -0.542. The molecule has 1 heterocycles. The van der Waals surface area contributed by atoms with Gasteiger partial charge in [0.05, 0.1) is 23.9 Å². The Morgan fingerprint density at radius 3 is 2.70 bits per heavy atom. The second kappa shape index (κ2) is 5.81. The molecule has 0 bridgehead atoms. The quantitative estimate of drug-likeness (QED) is 0.733. The van der Waals surface area contributed by atoms with Crippen LogP contribution < -0.4 is 0 Å². The number of phenols is 2. The lowest BCUT2D eigenvalue weighted by molar-refractivity contribution is -0.0265. The summed E-state index contributed by atoms with van der Waals surface area (Å²) in [6.45, 7) is 3.22. The van der Waals surface area contributed by atoms with Crippen LogP contribution in [0.25, 0.3) is 0 Å². The standard InChI is InChI=1S/C15H20O5/c1-8-12(17)5-4-11(15(8)19)13(18)7-10-3-6-14(20-10)9(2)16/h4-5,9-10,14,16-17,19H,3,6-7H2,1-2H3/t9-,10-,14?/m0/s1. The Balaban J connectivity index is 2.05. The molecule has 1 aliphatic heterocycles. The van der Waals surface area contributed by atoms with E-state index < -0.39 is 6.10 Å². The van der Waals surface area contributed by atoms with E-state index in [1.807, 2.05) is 0 Å². The van der Waals surface area contributed by atoms with Gasteiger partial charge in [0.1, 0.15) is 11.5 Å². The normalized spacial score (nSPS) is 23.8. The van der Waals surface area contributed by atoms with Gasteiger partial charge in [-0.05, 0) is 38.8 Å². The molecule has 2 rings (SSSR count). The van der Waals surface area contributed by atoms with E-state index in [-0.39, 0.29) is 41.5 Å². The summed E-state index contributed by atoms with van der Waals surface area (Å²) in [5.41, 5.74) is 0.495. The number of rotatable bonds is 4. The van der Waals surface area contributed by atoms with E-state index in [4.69, 9.17) is 4.74 Å². The third-order valence-electron chi connectivity index (χ3n) is 3.79. The number of benzene rings is 1. The molecule has 110 valence electrons. The minimum Gasteiger partial charge on any atom is -0.508 e. The largest absolute Gasteiger partial charge is 0.508 e. The SMILES string of the molecule is Cc1c(O)ccc(C(=O)C[C@@H]2CCC([C@H](C)O)O2)c1O. The van der Waals surface area contributed by atoms with E-state index in [9.17, 15) is 20.1 Å². The molecule has 0 amide bonds. The lowest BCUT2D eigenvalue weighted by Gasteiger charge is -2.16. The van der Waals surface area contributed by atoms with Crippen LogP contribution in [0.4, 0.5) is 0 Å². The molecule has 1 saturated heterocycles. The van der Waals surface area contributed by atoms with Crippen molar-refractivity contribution in [2.45, 2.75) is 51.4 Å². The summed E-state index contributed by atoms with van der Waals surface area (Å²) < 4.78 is 5.61. The first-order valence-corrected chi connectivity index (χ1v) is 6.78. The average Bonchev–Trinajstić information content (AvgIpc) is 2.84. The van der Waals surface area contributed by atoms with Crippen LogP contribution in [0, 0.1) is 6.92 Å². The van der Waals surface area contributed by atoms with Gasteiger partial charge in [0.25, 0.3) is 0 Å². The highest BCUT2D eigenvalue weighted by Gasteiger charge is 2.30. The van der Waals surface area contributed by atoms with Gasteiger partial charge >= 0.3 is 0 Å². The highest BCUT2D eigenvalue weighted by molar-refractivity contribution is 5.99. The highest BCUT2D eigenvalue weighted by atomic mass is 16.5. The monoisotopic (exact) mass is 280 g/mol. The molecule has 1 aliphatic rings. The lowest BCUT2D eigenvalue weighted by Crippen LogP contribution is -2.24. The maximum Gasteiger partial charge on any atom is 0.169 e. The number of carbonyl (C=O) groups is 1. The van der Waals surface area contributed by atoms with Crippen molar-refractivity contribution >= 4 is 5.78 Å². The molecule has 3 atom stereocenters. The topological polar surface area (TPSA) is 87.0 Å². The van der Waals surface area contributed by atoms with Crippen molar-refractivity contribution in [1.82, 2.24) is 0 Å². The number of Topliss-reactive ketones (excluding diaryl/α,β-unsaturated/α-hetero) is 1. The molecular formula is C15H20O5. The van der Waals surface area contributed by atoms with Gasteiger partial charge in [-0.3, -0.25) is 4.79 Å². The second-order valence-corrected chi connectivity index (χ2v) is 5.35. The molecule has 5 heteroatoms. The summed E-state index contributed by atoms with van der Waals surface area (Å²) in [6.07, 6.45) is 0.633. The van der Waals surface area contributed by atoms with Crippen LogP contribution in [0.5, 0.6) is 11.5 Å². The minimum absolute atomic E-state index is 0.0367. The average molecular weight is 280 g/mol. The van der Waals surface area contributed by atoms with Crippen molar-refractivity contribution in [3.05, 3.63) is 23.3 Å². The Kier molecular flexibility index (Phi) is 4.30. The van der Waals surface area contributed by atoms with Gasteiger partial charge in [0.2, 0.25) is 0 Å². The molecule has 5 nitrogen and oxygen atoms in total. The summed E-state index contributed by atoms with van der Waals surface area (Å²) >= 11 is 0. The fraction of sp³-hybridized carbons (Fsp3) is 0.533.